The van der Waals surface area contributed by atoms with Gasteiger partial charge < -0.3 is 24.1 Å². The largest absolute Gasteiger partial charge is 0.393 e. The van der Waals surface area contributed by atoms with Crippen molar-refractivity contribution in [3.8, 4) is 0 Å². The lowest BCUT2D eigenvalue weighted by Gasteiger charge is -2.23. The molecule has 19 heteroatoms. The molecule has 0 radical (unpaired) electrons. The zero-order valence-electron chi connectivity index (χ0n) is 23.7. The van der Waals surface area contributed by atoms with Crippen LogP contribution in [0.5, 0.6) is 0 Å². The molecule has 4 fully saturated rings. The third-order valence-electron chi connectivity index (χ3n) is 7.35. The summed E-state index contributed by atoms with van der Waals surface area (Å²) in [6.07, 6.45) is 6.40. The summed E-state index contributed by atoms with van der Waals surface area (Å²) < 4.78 is 21.6. The van der Waals surface area contributed by atoms with Crippen molar-refractivity contribution in [1.82, 2.24) is 0 Å². The van der Waals surface area contributed by atoms with E-state index in [-0.39, 0.29) is 30.5 Å². The summed E-state index contributed by atoms with van der Waals surface area (Å²) in [5, 5.41) is 9.96. The molecule has 248 valence electrons. The van der Waals surface area contributed by atoms with Gasteiger partial charge >= 0.3 is 0 Å². The second-order valence-corrected chi connectivity index (χ2v) is 25.7. The van der Waals surface area contributed by atoms with E-state index in [0.29, 0.717) is 68.7 Å². The van der Waals surface area contributed by atoms with E-state index in [1.807, 2.05) is 12.2 Å². The van der Waals surface area contributed by atoms with Crippen LogP contribution in [0.3, 0.4) is 0 Å². The smallest absolute Gasteiger partial charge is 0.158 e. The number of carbonyl (C=O) groups excluding carboxylic acids is 1. The van der Waals surface area contributed by atoms with Gasteiger partial charge in [0.15, 0.2) is 12.6 Å². The van der Waals surface area contributed by atoms with Crippen LogP contribution >= 0.6 is 0 Å². The van der Waals surface area contributed by atoms with Crippen molar-refractivity contribution in [3.63, 3.8) is 0 Å². The Balaban J connectivity index is 0.000000311. The number of aliphatic hydroxyl groups is 1. The predicted molar refractivity (Wildman–Crippen MR) is 209 cm³/mol. The average molecular weight is 839 g/mol. The second kappa shape index (κ2) is 26.7. The molecule has 0 aromatic heterocycles. The monoisotopic (exact) mass is 838 g/mol. The van der Waals surface area contributed by atoms with Crippen LogP contribution in [0.4, 0.5) is 0 Å². The first kappa shape index (κ1) is 42.8. The normalized spacial score (nSPS) is 29.7. The maximum Gasteiger partial charge on any atom is 0.158 e. The first-order chi connectivity index (χ1) is 20.8. The molecule has 0 aromatic rings. The van der Waals surface area contributed by atoms with Gasteiger partial charge in [-0.1, -0.05) is 26.0 Å². The van der Waals surface area contributed by atoms with E-state index in [9.17, 15) is 9.90 Å². The predicted octanol–water partition coefficient (Wildman–Crippen LogP) is 3.31. The van der Waals surface area contributed by atoms with Crippen LogP contribution in [-0.4, -0.2) is 56.0 Å². The number of allylic oxidation sites excluding steroid dienone is 2. The highest BCUT2D eigenvalue weighted by atomic mass is 33.4. The number of rotatable bonds is 6. The first-order valence-corrected chi connectivity index (χ1v) is 27.9. The molecule has 2 heterocycles. The summed E-state index contributed by atoms with van der Waals surface area (Å²) in [6, 6.07) is 0. The molecule has 6 nitrogen and oxygen atoms in total. The van der Waals surface area contributed by atoms with Gasteiger partial charge in [-0.3, -0.25) is 4.79 Å². The number of Topliss-reactive ketones (excluding diaryl/α,β-unsaturated/α-hetero) is 1. The highest BCUT2D eigenvalue weighted by Crippen LogP contribution is 2.41. The van der Waals surface area contributed by atoms with Crippen LogP contribution in [-0.2, 0) is 148 Å². The van der Waals surface area contributed by atoms with E-state index in [4.69, 9.17) is 18.9 Å². The Bertz CT molecular complexity index is 1220. The van der Waals surface area contributed by atoms with Crippen molar-refractivity contribution >= 4 is 130 Å². The molecule has 4 rings (SSSR count). The maximum atomic E-state index is 11.8. The Labute approximate surface area is 301 Å². The fourth-order valence-corrected chi connectivity index (χ4v) is 19.3. The summed E-state index contributed by atoms with van der Waals surface area (Å²) in [4.78, 5) is 11.8. The van der Waals surface area contributed by atoms with Gasteiger partial charge in [0, 0.05) is 150 Å². The van der Waals surface area contributed by atoms with Crippen LogP contribution in [0.2, 0.25) is 0 Å². The van der Waals surface area contributed by atoms with Gasteiger partial charge in [0.2, 0.25) is 0 Å². The Morgan fingerprint density at radius 3 is 1.63 bits per heavy atom. The van der Waals surface area contributed by atoms with Crippen molar-refractivity contribution in [2.75, 3.05) is 26.4 Å². The third kappa shape index (κ3) is 17.2. The molecule has 1 N–H and O–H groups in total. The Kier molecular flexibility index (Phi) is 26.6. The number of hydrogen-bond donors (Lipinski definition) is 1. The van der Waals surface area contributed by atoms with Crippen molar-refractivity contribution in [3.05, 3.63) is 25.3 Å². The summed E-state index contributed by atoms with van der Waals surface area (Å²) >= 11 is 18.2. The summed E-state index contributed by atoms with van der Waals surface area (Å²) in [5.74, 6) is 2.27. The van der Waals surface area contributed by atoms with E-state index in [2.05, 4.69) is 71.8 Å². The molecule has 0 bridgehead atoms. The quantitative estimate of drug-likeness (QED) is 0.404. The molecular formula is C24H38O6S13. The second-order valence-electron chi connectivity index (χ2n) is 9.75. The van der Waals surface area contributed by atoms with Crippen LogP contribution in [0.1, 0.15) is 39.5 Å². The van der Waals surface area contributed by atoms with Gasteiger partial charge in [0.25, 0.3) is 0 Å². The van der Waals surface area contributed by atoms with Crippen molar-refractivity contribution in [1.29, 1.82) is 0 Å². The van der Waals surface area contributed by atoms with Crippen molar-refractivity contribution < 1.29 is 28.8 Å². The van der Waals surface area contributed by atoms with E-state index >= 15 is 0 Å². The molecule has 7 atom stereocenters. The fourth-order valence-electron chi connectivity index (χ4n) is 5.59. The minimum absolute atomic E-state index is 0.0561. The molecular weight excluding hydrogens is 801 g/mol. The molecule has 0 spiro atoms. The van der Waals surface area contributed by atoms with Gasteiger partial charge in [-0.25, -0.2) is 0 Å². The van der Waals surface area contributed by atoms with Crippen LogP contribution in [0.15, 0.2) is 25.3 Å². The number of carbonyl (C=O) groups is 1. The Morgan fingerprint density at radius 1 is 0.744 bits per heavy atom. The lowest BCUT2D eigenvalue weighted by molar-refractivity contribution is -0.125. The number of ether oxygens (including phenoxy) is 4. The van der Waals surface area contributed by atoms with Gasteiger partial charge in [0.1, 0.15) is 5.78 Å². The summed E-state index contributed by atoms with van der Waals surface area (Å²) in [6.45, 7) is 14.6. The van der Waals surface area contributed by atoms with Gasteiger partial charge in [-0.15, -0.1) is 13.2 Å². The minimum atomic E-state index is -0.226. The topological polar surface area (TPSA) is 74.2 Å². The fraction of sp³-hybridized carbons (Fsp3) is 0.792. The molecule has 2 aliphatic heterocycles. The molecule has 2 aliphatic carbocycles. The number of aliphatic hydroxyl groups excluding tert-OH is 1. The zero-order chi connectivity index (χ0) is 32.0. The number of hydrogen-bond acceptors (Lipinski definition) is 10. The molecule has 0 aromatic carbocycles. The molecule has 2 saturated heterocycles. The Hall–Kier alpha value is 1.81. The maximum absolute atomic E-state index is 11.8. The molecule has 0 unspecified atom stereocenters. The lowest BCUT2D eigenvalue weighted by Crippen LogP contribution is -2.25. The molecule has 0 amide bonds. The molecule has 2 saturated carbocycles. The van der Waals surface area contributed by atoms with Crippen LogP contribution in [0, 0.1) is 35.5 Å². The van der Waals surface area contributed by atoms with E-state index in [1.54, 1.807) is 26.6 Å². The van der Waals surface area contributed by atoms with Gasteiger partial charge in [0.05, 0.1) is 32.5 Å². The highest BCUT2D eigenvalue weighted by molar-refractivity contribution is 8.68. The average Bonchev–Trinajstić information content (AvgIpc) is 3.80. The highest BCUT2D eigenvalue weighted by Gasteiger charge is 2.41. The standard InChI is InChI=1S/C12H20O3.C12H18O3.S7.S6/c2*1-3-9-8(2)6-11(13)10(9)7-12-14-4-5-15-12;1-3-5-7-6-4-2;1-3-5-6-4-2/h3,8-13H,1,4-7H2,2H3;3,8-10,12H,1,4-7H2,2H3;;/t8-,9+,10-,11+;8-,9+,10-;;/m11../s1. The van der Waals surface area contributed by atoms with Crippen molar-refractivity contribution in [2.24, 2.45) is 35.5 Å². The molecule has 43 heavy (non-hydrogen) atoms. The van der Waals surface area contributed by atoms with Gasteiger partial charge in [-0.05, 0) is 36.0 Å². The van der Waals surface area contributed by atoms with Crippen molar-refractivity contribution in [2.45, 2.75) is 58.2 Å². The van der Waals surface area contributed by atoms with Crippen LogP contribution in [0.25, 0.3) is 0 Å². The third-order valence-corrected chi connectivity index (χ3v) is 22.9. The van der Waals surface area contributed by atoms with Gasteiger partial charge in [-0.2, -0.15) is 0 Å². The lowest BCUT2D eigenvalue weighted by atomic mass is 9.87. The SMILES string of the molecule is C=C[C@@H]1[C@@H](CC2OCCO2)[C@@H](O)C[C@H]1C.C=C[C@H]1[C@H](C)CC(=O)[C@@H]1CC1OCCO1.S=S=S=S=S=S.S=S=S=S=S=S=S. The summed E-state index contributed by atoms with van der Waals surface area (Å²) in [7, 11) is 13.0. The minimum Gasteiger partial charge on any atom is -0.393 e. The number of ketones is 1. The summed E-state index contributed by atoms with van der Waals surface area (Å²) in [5.41, 5.74) is 0. The zero-order valence-corrected chi connectivity index (χ0v) is 34.3. The molecule has 4 aliphatic rings. The van der Waals surface area contributed by atoms with E-state index in [0.717, 1.165) is 12.8 Å². The van der Waals surface area contributed by atoms with Crippen LogP contribution < -0.4 is 0 Å². The van der Waals surface area contributed by atoms with E-state index < -0.39 is 0 Å². The first-order valence-electron chi connectivity index (χ1n) is 13.2. The van der Waals surface area contributed by atoms with E-state index in [1.165, 1.54) is 53.3 Å². The Morgan fingerprint density at radius 2 is 1.19 bits per heavy atom.